The molecule has 0 amide bonds. The highest BCUT2D eigenvalue weighted by Crippen LogP contribution is 2.46. The van der Waals surface area contributed by atoms with E-state index in [9.17, 15) is 9.59 Å². The summed E-state index contributed by atoms with van der Waals surface area (Å²) >= 11 is 0. The van der Waals surface area contributed by atoms with Crippen LogP contribution in [0.3, 0.4) is 0 Å². The van der Waals surface area contributed by atoms with Gasteiger partial charge in [0.2, 0.25) is 0 Å². The molecule has 3 aromatic rings. The van der Waals surface area contributed by atoms with Gasteiger partial charge in [0.1, 0.15) is 0 Å². The van der Waals surface area contributed by atoms with Crippen molar-refractivity contribution in [3.05, 3.63) is 130 Å². The van der Waals surface area contributed by atoms with Crippen molar-refractivity contribution in [1.82, 2.24) is 0 Å². The van der Waals surface area contributed by atoms with Gasteiger partial charge in [0, 0.05) is 6.08 Å². The van der Waals surface area contributed by atoms with E-state index in [1.807, 2.05) is 30.4 Å². The maximum absolute atomic E-state index is 11.1. The molecule has 0 saturated heterocycles. The van der Waals surface area contributed by atoms with Crippen LogP contribution in [-0.2, 0) is 15.6 Å². The summed E-state index contributed by atoms with van der Waals surface area (Å²) in [6, 6.07) is 18.3. The average molecular weight is 659 g/mol. The normalized spacial score (nSPS) is 18.7. The molecule has 0 bridgehead atoms. The van der Waals surface area contributed by atoms with Crippen LogP contribution in [0.1, 0.15) is 127 Å². The van der Waals surface area contributed by atoms with Crippen LogP contribution >= 0.6 is 0 Å². The van der Waals surface area contributed by atoms with Crippen molar-refractivity contribution in [3.8, 4) is 0 Å². The number of allylic oxidation sites excluding steroid dienone is 8. The number of hydrogen-bond donors (Lipinski definition) is 2. The topological polar surface area (TPSA) is 74.6 Å². The van der Waals surface area contributed by atoms with Crippen molar-refractivity contribution in [2.24, 2.45) is 5.41 Å². The second-order valence-corrected chi connectivity index (χ2v) is 15.9. The quantitative estimate of drug-likeness (QED) is 0.196. The number of carboxylic acid groups (broad SMARTS) is 2. The van der Waals surface area contributed by atoms with Gasteiger partial charge in [-0.15, -0.1) is 0 Å². The molecule has 0 spiro atoms. The summed E-state index contributed by atoms with van der Waals surface area (Å²) in [5.41, 5.74) is 11.2. The lowest BCUT2D eigenvalue weighted by atomic mass is 9.63. The Kier molecular flexibility index (Phi) is 11.4. The van der Waals surface area contributed by atoms with Gasteiger partial charge in [-0.3, -0.25) is 0 Å². The molecule has 5 rings (SSSR count). The Morgan fingerprint density at radius 2 is 1.35 bits per heavy atom. The van der Waals surface area contributed by atoms with Crippen LogP contribution in [0.15, 0.2) is 102 Å². The van der Waals surface area contributed by atoms with Gasteiger partial charge in [0.25, 0.3) is 0 Å². The van der Waals surface area contributed by atoms with Gasteiger partial charge in [-0.25, -0.2) is 9.59 Å². The smallest absolute Gasteiger partial charge is 0.335 e. The molecular weight excluding hydrogens is 604 g/mol. The molecule has 4 heteroatoms. The van der Waals surface area contributed by atoms with Gasteiger partial charge in [0.05, 0.1) is 5.56 Å². The number of fused-ring (bicyclic) bond motifs is 2. The highest BCUT2D eigenvalue weighted by atomic mass is 16.4. The zero-order valence-electron chi connectivity index (χ0n) is 30.9. The van der Waals surface area contributed by atoms with E-state index in [1.165, 1.54) is 71.6 Å². The van der Waals surface area contributed by atoms with E-state index in [0.29, 0.717) is 5.56 Å². The van der Waals surface area contributed by atoms with Crippen LogP contribution in [0.4, 0.5) is 0 Å². The second-order valence-electron chi connectivity index (χ2n) is 15.9. The monoisotopic (exact) mass is 658 g/mol. The largest absolute Gasteiger partial charge is 0.478 e. The van der Waals surface area contributed by atoms with Crippen LogP contribution in [0.2, 0.25) is 0 Å². The van der Waals surface area contributed by atoms with Crippen LogP contribution in [0.25, 0.3) is 22.4 Å². The van der Waals surface area contributed by atoms with Crippen LogP contribution in [-0.4, -0.2) is 22.2 Å². The van der Waals surface area contributed by atoms with Crippen molar-refractivity contribution >= 4 is 34.4 Å². The first kappa shape index (κ1) is 37.4. The molecular formula is C45H54O4. The molecule has 2 aliphatic rings. The van der Waals surface area contributed by atoms with Crippen molar-refractivity contribution in [2.75, 3.05) is 0 Å². The number of benzene rings is 3. The fourth-order valence-corrected chi connectivity index (χ4v) is 7.21. The zero-order valence-corrected chi connectivity index (χ0v) is 30.9. The van der Waals surface area contributed by atoms with E-state index in [0.717, 1.165) is 21.9 Å². The molecule has 2 aliphatic carbocycles. The third kappa shape index (κ3) is 9.38. The molecule has 0 radical (unpaired) electrons. The SMILES string of the molecule is CC(/C=C/C=C(\C)c1ccc2c(c1)C(C)(C)CCC2(C)C)=C\C(=O)O.CC1=C(/C=C/c2ccc3cc(C(=O)O)ccc3c2)C(C)(C)CCC1. The molecule has 0 unspecified atom stereocenters. The first-order valence-corrected chi connectivity index (χ1v) is 17.5. The summed E-state index contributed by atoms with van der Waals surface area (Å²) in [5, 5.41) is 19.9. The average Bonchev–Trinajstić information content (AvgIpc) is 3.02. The number of rotatable bonds is 7. The molecule has 49 heavy (non-hydrogen) atoms. The molecule has 2 N–H and O–H groups in total. The minimum Gasteiger partial charge on any atom is -0.478 e. The van der Waals surface area contributed by atoms with Gasteiger partial charge in [-0.1, -0.05) is 114 Å². The Bertz CT molecular complexity index is 1890. The third-order valence-electron chi connectivity index (χ3n) is 10.5. The standard InChI is InChI=1S/C23H30O2.C22H24O2/c1-16(14-21(24)25)8-7-9-17(2)18-10-11-19-20(15-18)23(5,6)13-12-22(19,3)4;1-15-5-4-12-22(2,3)20(15)11-7-16-6-8-18-14-19(21(23)24)10-9-17(18)13-16/h7-11,14-15H,12-13H2,1-6H3,(H,24,25);6-11,13-14H,4-5,12H2,1-3H3,(H,23,24)/b8-7+,16-14+,17-9+;11-7+. The van der Waals surface area contributed by atoms with E-state index in [-0.39, 0.29) is 16.2 Å². The minimum atomic E-state index is -0.914. The Hall–Kier alpha value is -4.44. The number of hydrogen-bond acceptors (Lipinski definition) is 2. The van der Waals surface area contributed by atoms with E-state index in [4.69, 9.17) is 10.2 Å². The first-order valence-electron chi connectivity index (χ1n) is 17.5. The summed E-state index contributed by atoms with van der Waals surface area (Å²) in [6.45, 7) is 20.1. The lowest BCUT2D eigenvalue weighted by Crippen LogP contribution is -2.33. The number of aromatic carboxylic acids is 1. The van der Waals surface area contributed by atoms with Gasteiger partial charge in [-0.05, 0) is 137 Å². The lowest BCUT2D eigenvalue weighted by Gasteiger charge is -2.42. The maximum Gasteiger partial charge on any atom is 0.335 e. The molecule has 3 aromatic carbocycles. The van der Waals surface area contributed by atoms with Crippen molar-refractivity contribution < 1.29 is 19.8 Å². The third-order valence-corrected chi connectivity index (χ3v) is 10.5. The molecule has 0 aromatic heterocycles. The van der Waals surface area contributed by atoms with Crippen molar-refractivity contribution in [2.45, 2.75) is 105 Å². The summed E-state index contributed by atoms with van der Waals surface area (Å²) in [7, 11) is 0. The van der Waals surface area contributed by atoms with Crippen LogP contribution in [0, 0.1) is 5.41 Å². The first-order chi connectivity index (χ1) is 22.9. The number of carboxylic acids is 2. The van der Waals surface area contributed by atoms with E-state index < -0.39 is 11.9 Å². The molecule has 4 nitrogen and oxygen atoms in total. The van der Waals surface area contributed by atoms with E-state index in [2.05, 4.69) is 97.9 Å². The Morgan fingerprint density at radius 1 is 0.714 bits per heavy atom. The fourth-order valence-electron chi connectivity index (χ4n) is 7.21. The summed E-state index contributed by atoms with van der Waals surface area (Å²) in [6.07, 6.45) is 17.6. The number of aliphatic carboxylic acids is 1. The van der Waals surface area contributed by atoms with Gasteiger partial charge >= 0.3 is 11.9 Å². The highest BCUT2D eigenvalue weighted by molar-refractivity contribution is 5.95. The zero-order chi connectivity index (χ0) is 36.1. The van der Waals surface area contributed by atoms with E-state index in [1.54, 1.807) is 19.1 Å². The summed E-state index contributed by atoms with van der Waals surface area (Å²) in [4.78, 5) is 21.7. The molecule has 0 fully saturated rings. The second kappa shape index (κ2) is 15.0. The molecule has 258 valence electrons. The summed E-state index contributed by atoms with van der Waals surface area (Å²) < 4.78 is 0. The van der Waals surface area contributed by atoms with Crippen LogP contribution in [0.5, 0.6) is 0 Å². The lowest BCUT2D eigenvalue weighted by molar-refractivity contribution is -0.131. The van der Waals surface area contributed by atoms with Crippen molar-refractivity contribution in [3.63, 3.8) is 0 Å². The van der Waals surface area contributed by atoms with Crippen molar-refractivity contribution in [1.29, 1.82) is 0 Å². The Labute approximate surface area is 293 Å². The highest BCUT2D eigenvalue weighted by Gasteiger charge is 2.37. The predicted octanol–water partition coefficient (Wildman–Crippen LogP) is 12.1. The maximum atomic E-state index is 11.1. The predicted molar refractivity (Wildman–Crippen MR) is 206 cm³/mol. The van der Waals surface area contributed by atoms with Gasteiger partial charge < -0.3 is 10.2 Å². The number of carbonyl (C=O) groups is 2. The Balaban J connectivity index is 0.000000221. The van der Waals surface area contributed by atoms with E-state index >= 15 is 0 Å². The van der Waals surface area contributed by atoms with Crippen LogP contribution < -0.4 is 0 Å². The van der Waals surface area contributed by atoms with Gasteiger partial charge in [0.15, 0.2) is 0 Å². The fraction of sp³-hybridized carbons (Fsp3) is 0.378. The molecule has 0 saturated carbocycles. The molecule has 0 atom stereocenters. The summed E-state index contributed by atoms with van der Waals surface area (Å²) in [5.74, 6) is -1.80. The van der Waals surface area contributed by atoms with Gasteiger partial charge in [-0.2, -0.15) is 0 Å². The Morgan fingerprint density at radius 3 is 2.00 bits per heavy atom. The molecule has 0 heterocycles. The molecule has 0 aliphatic heterocycles. The minimum absolute atomic E-state index is 0.206.